The number of methoxy groups -OCH3 is 1. The monoisotopic (exact) mass is 508 g/mol. The molecule has 0 fully saturated rings. The quantitative estimate of drug-likeness (QED) is 0.372. The highest BCUT2D eigenvalue weighted by atomic mass is 16.7. The second-order valence-electron chi connectivity index (χ2n) is 9.36. The Morgan fingerprint density at radius 3 is 2.71 bits per heavy atom. The maximum absolute atomic E-state index is 13.6. The molecule has 190 valence electrons. The van der Waals surface area contributed by atoms with Crippen molar-refractivity contribution in [2.24, 2.45) is 0 Å². The van der Waals surface area contributed by atoms with Crippen LogP contribution < -0.4 is 24.7 Å². The minimum absolute atomic E-state index is 0.163. The van der Waals surface area contributed by atoms with Gasteiger partial charge in [-0.15, -0.1) is 5.10 Å². The van der Waals surface area contributed by atoms with Gasteiger partial charge in [-0.25, -0.2) is 4.68 Å². The first-order valence-corrected chi connectivity index (χ1v) is 12.4. The Kier molecular flexibility index (Phi) is 5.24. The number of pyridine rings is 1. The highest BCUT2D eigenvalue weighted by Crippen LogP contribution is 2.39. The van der Waals surface area contributed by atoms with Crippen LogP contribution in [0.3, 0.4) is 0 Å². The maximum Gasteiger partial charge on any atom is 0.254 e. The highest BCUT2D eigenvalue weighted by molar-refractivity contribution is 5.83. The number of anilines is 1. The summed E-state index contributed by atoms with van der Waals surface area (Å²) in [6.45, 7) is 1.34. The number of ether oxygens (including phenoxy) is 3. The van der Waals surface area contributed by atoms with Crippen LogP contribution in [-0.4, -0.2) is 45.6 Å². The van der Waals surface area contributed by atoms with Crippen molar-refractivity contribution in [2.45, 2.75) is 19.0 Å². The van der Waals surface area contributed by atoms with Gasteiger partial charge in [0, 0.05) is 29.2 Å². The van der Waals surface area contributed by atoms with Crippen molar-refractivity contribution in [3.63, 3.8) is 0 Å². The first-order valence-electron chi connectivity index (χ1n) is 12.4. The minimum atomic E-state index is -0.509. The number of para-hydroxylation sites is 1. The molecular weight excluding hydrogens is 484 g/mol. The van der Waals surface area contributed by atoms with Crippen LogP contribution >= 0.6 is 0 Å². The third-order valence-corrected chi connectivity index (χ3v) is 7.19. The molecule has 0 saturated heterocycles. The van der Waals surface area contributed by atoms with Crippen LogP contribution in [0.1, 0.15) is 28.6 Å². The molecule has 0 bridgehead atoms. The number of rotatable bonds is 6. The van der Waals surface area contributed by atoms with Crippen LogP contribution in [0.4, 0.5) is 5.69 Å². The molecule has 1 unspecified atom stereocenters. The molecule has 1 atom stereocenters. The van der Waals surface area contributed by atoms with E-state index in [9.17, 15) is 4.79 Å². The minimum Gasteiger partial charge on any atom is -0.497 e. The summed E-state index contributed by atoms with van der Waals surface area (Å²) in [5, 5.41) is 13.6. The lowest BCUT2D eigenvalue weighted by Gasteiger charge is -2.29. The van der Waals surface area contributed by atoms with Gasteiger partial charge < -0.3 is 24.1 Å². The lowest BCUT2D eigenvalue weighted by Crippen LogP contribution is -2.34. The second kappa shape index (κ2) is 8.91. The number of fused-ring (bicyclic) bond motifs is 3. The number of aromatic nitrogens is 5. The van der Waals surface area contributed by atoms with Gasteiger partial charge in [0.2, 0.25) is 6.79 Å². The molecule has 2 aliphatic heterocycles. The molecule has 0 spiro atoms. The number of benzene rings is 3. The Hall–Kier alpha value is -4.86. The average Bonchev–Trinajstić information content (AvgIpc) is 3.69. The van der Waals surface area contributed by atoms with Gasteiger partial charge in [-0.2, -0.15) is 0 Å². The number of hydrogen-bond donors (Lipinski definition) is 1. The molecule has 0 radical (unpaired) electrons. The van der Waals surface area contributed by atoms with E-state index in [2.05, 4.69) is 37.5 Å². The summed E-state index contributed by atoms with van der Waals surface area (Å²) < 4.78 is 18.1. The van der Waals surface area contributed by atoms with E-state index in [0.717, 1.165) is 35.4 Å². The molecule has 0 aliphatic carbocycles. The van der Waals surface area contributed by atoms with E-state index >= 15 is 0 Å². The topological polar surface area (TPSA) is 107 Å². The zero-order chi connectivity index (χ0) is 25.6. The Morgan fingerprint density at radius 1 is 1.05 bits per heavy atom. The molecule has 7 rings (SSSR count). The lowest BCUT2D eigenvalue weighted by atomic mass is 10.0. The number of tetrazole rings is 1. The summed E-state index contributed by atoms with van der Waals surface area (Å²) in [7, 11) is 1.64. The fourth-order valence-electron chi connectivity index (χ4n) is 5.32. The maximum atomic E-state index is 13.6. The summed E-state index contributed by atoms with van der Waals surface area (Å²) in [5.41, 5.74) is 4.35. The summed E-state index contributed by atoms with van der Waals surface area (Å²) in [4.78, 5) is 18.9. The number of H-pyrrole nitrogens is 1. The van der Waals surface area contributed by atoms with Crippen molar-refractivity contribution in [1.29, 1.82) is 0 Å². The van der Waals surface area contributed by atoms with Gasteiger partial charge in [-0.05, 0) is 58.3 Å². The molecule has 4 heterocycles. The largest absolute Gasteiger partial charge is 0.497 e. The summed E-state index contributed by atoms with van der Waals surface area (Å²) in [6, 6.07) is 21.1. The smallest absolute Gasteiger partial charge is 0.254 e. The SMILES string of the molecule is COc1ccc(Cn2nnnc2C(c2cc3cc4c(cc3[nH]c2=O)OCO4)N2CCc3ccccc32)cc1. The van der Waals surface area contributed by atoms with Crippen LogP contribution in [0.5, 0.6) is 17.2 Å². The van der Waals surface area contributed by atoms with Crippen molar-refractivity contribution in [3.8, 4) is 17.2 Å². The first-order chi connectivity index (χ1) is 18.7. The van der Waals surface area contributed by atoms with Crippen LogP contribution in [0.15, 0.2) is 71.5 Å². The van der Waals surface area contributed by atoms with Crippen molar-refractivity contribution in [2.75, 3.05) is 25.3 Å². The first kappa shape index (κ1) is 22.3. The molecular formula is C28H24N6O4. The predicted octanol–water partition coefficient (Wildman–Crippen LogP) is 3.45. The van der Waals surface area contributed by atoms with Crippen molar-refractivity contribution < 1.29 is 14.2 Å². The predicted molar refractivity (Wildman–Crippen MR) is 140 cm³/mol. The van der Waals surface area contributed by atoms with Crippen molar-refractivity contribution in [3.05, 3.63) is 99.6 Å². The number of hydrogen-bond acceptors (Lipinski definition) is 8. The van der Waals surface area contributed by atoms with Gasteiger partial charge in [0.15, 0.2) is 17.3 Å². The van der Waals surface area contributed by atoms with E-state index in [0.29, 0.717) is 34.9 Å². The third-order valence-electron chi connectivity index (χ3n) is 7.19. The van der Waals surface area contributed by atoms with E-state index in [-0.39, 0.29) is 12.4 Å². The summed E-state index contributed by atoms with van der Waals surface area (Å²) in [5.74, 6) is 2.64. The molecule has 0 saturated carbocycles. The number of nitrogens with zero attached hydrogens (tertiary/aromatic N) is 5. The molecule has 5 aromatic rings. The zero-order valence-electron chi connectivity index (χ0n) is 20.6. The van der Waals surface area contributed by atoms with Gasteiger partial charge in [0.05, 0.1) is 19.2 Å². The van der Waals surface area contributed by atoms with Crippen LogP contribution in [0, 0.1) is 0 Å². The van der Waals surface area contributed by atoms with E-state index < -0.39 is 6.04 Å². The van der Waals surface area contributed by atoms with E-state index in [1.807, 2.05) is 48.5 Å². The molecule has 38 heavy (non-hydrogen) atoms. The van der Waals surface area contributed by atoms with Crippen LogP contribution in [-0.2, 0) is 13.0 Å². The molecule has 3 aromatic carbocycles. The van der Waals surface area contributed by atoms with Gasteiger partial charge in [0.25, 0.3) is 5.56 Å². The summed E-state index contributed by atoms with van der Waals surface area (Å²) in [6.07, 6.45) is 0.872. The molecule has 1 N–H and O–H groups in total. The number of nitrogens with one attached hydrogen (secondary N) is 1. The molecule has 2 aromatic heterocycles. The fourth-order valence-corrected chi connectivity index (χ4v) is 5.32. The molecule has 0 amide bonds. The number of aromatic amines is 1. The van der Waals surface area contributed by atoms with Crippen LogP contribution in [0.25, 0.3) is 10.9 Å². The average molecular weight is 509 g/mol. The molecule has 10 nitrogen and oxygen atoms in total. The Morgan fingerprint density at radius 2 is 1.87 bits per heavy atom. The zero-order valence-corrected chi connectivity index (χ0v) is 20.6. The Labute approximate surface area is 217 Å². The Bertz CT molecular complexity index is 1710. The van der Waals surface area contributed by atoms with Crippen molar-refractivity contribution in [1.82, 2.24) is 25.2 Å². The van der Waals surface area contributed by atoms with Crippen molar-refractivity contribution >= 4 is 16.6 Å². The van der Waals surface area contributed by atoms with E-state index in [1.165, 1.54) is 5.56 Å². The van der Waals surface area contributed by atoms with E-state index in [4.69, 9.17) is 14.2 Å². The van der Waals surface area contributed by atoms with Gasteiger partial charge in [-0.3, -0.25) is 4.79 Å². The van der Waals surface area contributed by atoms with Crippen LogP contribution in [0.2, 0.25) is 0 Å². The second-order valence-corrected chi connectivity index (χ2v) is 9.36. The lowest BCUT2D eigenvalue weighted by molar-refractivity contribution is 0.174. The molecule has 10 heteroatoms. The van der Waals surface area contributed by atoms with Gasteiger partial charge in [-0.1, -0.05) is 30.3 Å². The standard InChI is InChI=1S/C28H24N6O4/c1-36-20-8-6-17(7-9-20)15-34-27(30-31-32-34)26(33-11-10-18-4-2-3-5-23(18)33)21-12-19-13-24-25(38-16-37-24)14-22(19)29-28(21)35/h2-9,12-14,26H,10-11,15-16H2,1H3,(H,29,35). The normalized spacial score (nSPS) is 14.6. The molecule has 2 aliphatic rings. The fraction of sp³-hybridized carbons (Fsp3) is 0.214. The Balaban J connectivity index is 1.37. The third kappa shape index (κ3) is 3.73. The highest BCUT2D eigenvalue weighted by Gasteiger charge is 2.34. The summed E-state index contributed by atoms with van der Waals surface area (Å²) >= 11 is 0. The van der Waals surface area contributed by atoms with Gasteiger partial charge >= 0.3 is 0 Å². The van der Waals surface area contributed by atoms with E-state index in [1.54, 1.807) is 17.9 Å². The van der Waals surface area contributed by atoms with Gasteiger partial charge in [0.1, 0.15) is 11.8 Å².